The molecule has 22 heavy (non-hydrogen) atoms. The van der Waals surface area contributed by atoms with Gasteiger partial charge in [-0.2, -0.15) is 0 Å². The van der Waals surface area contributed by atoms with E-state index >= 15 is 0 Å². The average Bonchev–Trinajstić information content (AvgIpc) is 2.91. The topological polar surface area (TPSA) is 96.1 Å². The van der Waals surface area contributed by atoms with Crippen molar-refractivity contribution in [3.8, 4) is 0 Å². The fourth-order valence-electron chi connectivity index (χ4n) is 1.76. The SMILES string of the molecule is COC(=O)[C@@H](Cc1ccccc1)NC(=O)Nc1n[nH]c(=S)s1. The number of anilines is 1. The molecule has 2 aromatic rings. The Bertz CT molecular complexity index is 699. The maximum absolute atomic E-state index is 11.9. The summed E-state index contributed by atoms with van der Waals surface area (Å²) in [5.41, 5.74) is 0.911. The number of rotatable bonds is 5. The van der Waals surface area contributed by atoms with Gasteiger partial charge in [-0.15, -0.1) is 5.10 Å². The van der Waals surface area contributed by atoms with E-state index in [4.69, 9.17) is 17.0 Å². The number of hydrogen-bond donors (Lipinski definition) is 3. The number of H-pyrrole nitrogens is 1. The Balaban J connectivity index is 2.01. The molecule has 1 heterocycles. The van der Waals surface area contributed by atoms with E-state index in [1.165, 1.54) is 7.11 Å². The van der Waals surface area contributed by atoms with E-state index in [1.54, 1.807) is 0 Å². The van der Waals surface area contributed by atoms with Gasteiger partial charge < -0.3 is 10.1 Å². The highest BCUT2D eigenvalue weighted by Crippen LogP contribution is 2.11. The summed E-state index contributed by atoms with van der Waals surface area (Å²) in [6, 6.07) is 8.00. The summed E-state index contributed by atoms with van der Waals surface area (Å²) in [5.74, 6) is -0.520. The first kappa shape index (κ1) is 16.1. The van der Waals surface area contributed by atoms with E-state index in [9.17, 15) is 9.59 Å². The van der Waals surface area contributed by atoms with Crippen LogP contribution in [0.15, 0.2) is 30.3 Å². The normalized spacial score (nSPS) is 11.5. The summed E-state index contributed by atoms with van der Waals surface area (Å²) in [5, 5.41) is 11.8. The van der Waals surface area contributed by atoms with Crippen LogP contribution in [0.25, 0.3) is 0 Å². The minimum atomic E-state index is -0.792. The molecule has 2 rings (SSSR count). The minimum Gasteiger partial charge on any atom is -0.467 e. The molecule has 1 aromatic heterocycles. The Morgan fingerprint density at radius 3 is 2.73 bits per heavy atom. The van der Waals surface area contributed by atoms with Gasteiger partial charge in [0.15, 0.2) is 3.95 Å². The highest BCUT2D eigenvalue weighted by Gasteiger charge is 2.22. The van der Waals surface area contributed by atoms with Crippen molar-refractivity contribution in [1.82, 2.24) is 15.5 Å². The lowest BCUT2D eigenvalue weighted by Crippen LogP contribution is -2.45. The van der Waals surface area contributed by atoms with Crippen LogP contribution in [-0.4, -0.2) is 35.3 Å². The van der Waals surface area contributed by atoms with Crippen molar-refractivity contribution < 1.29 is 14.3 Å². The number of urea groups is 1. The molecule has 3 N–H and O–H groups in total. The van der Waals surface area contributed by atoms with E-state index < -0.39 is 18.0 Å². The molecular weight excluding hydrogens is 324 g/mol. The number of nitrogens with one attached hydrogen (secondary N) is 3. The van der Waals surface area contributed by atoms with E-state index in [1.807, 2.05) is 30.3 Å². The number of aromatic nitrogens is 2. The summed E-state index contributed by atoms with van der Waals surface area (Å²) >= 11 is 6.00. The molecule has 7 nitrogen and oxygen atoms in total. The maximum atomic E-state index is 11.9. The van der Waals surface area contributed by atoms with Gasteiger partial charge >= 0.3 is 12.0 Å². The van der Waals surface area contributed by atoms with Crippen LogP contribution < -0.4 is 10.6 Å². The number of carbonyl (C=O) groups is 2. The van der Waals surface area contributed by atoms with Crippen LogP contribution in [0.4, 0.5) is 9.93 Å². The van der Waals surface area contributed by atoms with Crippen LogP contribution in [0, 0.1) is 3.95 Å². The van der Waals surface area contributed by atoms with Crippen LogP contribution >= 0.6 is 23.6 Å². The largest absolute Gasteiger partial charge is 0.467 e. The molecule has 116 valence electrons. The first-order valence-corrected chi connectivity index (χ1v) is 7.55. The van der Waals surface area contributed by atoms with Crippen molar-refractivity contribution in [1.29, 1.82) is 0 Å². The van der Waals surface area contributed by atoms with Crippen molar-refractivity contribution in [2.24, 2.45) is 0 Å². The van der Waals surface area contributed by atoms with Gasteiger partial charge in [0.25, 0.3) is 0 Å². The molecule has 0 aliphatic rings. The third-order valence-electron chi connectivity index (χ3n) is 2.73. The number of nitrogens with zero attached hydrogens (tertiary/aromatic N) is 1. The molecule has 0 spiro atoms. The van der Waals surface area contributed by atoms with Gasteiger partial charge in [-0.05, 0) is 17.8 Å². The predicted octanol–water partition coefficient (Wildman–Crippen LogP) is 2.11. The van der Waals surface area contributed by atoms with Gasteiger partial charge in [-0.25, -0.2) is 9.59 Å². The molecule has 0 radical (unpaired) electrons. The molecule has 2 amide bonds. The fraction of sp³-hybridized carbons (Fsp3) is 0.231. The van der Waals surface area contributed by atoms with Crippen LogP contribution in [0.1, 0.15) is 5.56 Å². The number of carbonyl (C=O) groups excluding carboxylic acids is 2. The second-order valence-corrected chi connectivity index (χ2v) is 5.95. The average molecular weight is 338 g/mol. The number of aromatic amines is 1. The summed E-state index contributed by atoms with van der Waals surface area (Å²) in [4.78, 5) is 23.7. The summed E-state index contributed by atoms with van der Waals surface area (Å²) in [7, 11) is 1.28. The lowest BCUT2D eigenvalue weighted by atomic mass is 10.1. The Kier molecular flexibility index (Phi) is 5.61. The van der Waals surface area contributed by atoms with Crippen molar-refractivity contribution in [3.05, 3.63) is 39.8 Å². The molecule has 9 heteroatoms. The third kappa shape index (κ3) is 4.64. The van der Waals surface area contributed by atoms with Crippen molar-refractivity contribution in [2.75, 3.05) is 12.4 Å². The molecule has 0 fully saturated rings. The van der Waals surface area contributed by atoms with Gasteiger partial charge in [-0.3, -0.25) is 10.4 Å². The lowest BCUT2D eigenvalue weighted by molar-refractivity contribution is -0.142. The highest BCUT2D eigenvalue weighted by molar-refractivity contribution is 7.73. The smallest absolute Gasteiger partial charge is 0.328 e. The second-order valence-electron chi connectivity index (χ2n) is 4.28. The number of hydrogen-bond acceptors (Lipinski definition) is 6. The summed E-state index contributed by atoms with van der Waals surface area (Å²) < 4.78 is 5.17. The number of esters is 1. The van der Waals surface area contributed by atoms with E-state index in [0.29, 0.717) is 15.5 Å². The predicted molar refractivity (Wildman–Crippen MR) is 85.4 cm³/mol. The standard InChI is InChI=1S/C13H14N4O3S2/c1-20-10(18)9(7-8-5-3-2-4-6-8)14-11(19)15-12-16-17-13(21)22-12/h2-6,9H,7H2,1H3,(H,17,21)(H2,14,15,16,19)/t9-/m1/s1. The molecule has 0 aliphatic heterocycles. The molecular formula is C13H14N4O3S2. The van der Waals surface area contributed by atoms with Crippen molar-refractivity contribution in [2.45, 2.75) is 12.5 Å². The Hall–Kier alpha value is -2.26. The van der Waals surface area contributed by atoms with Gasteiger partial charge in [0.2, 0.25) is 5.13 Å². The van der Waals surface area contributed by atoms with Crippen molar-refractivity contribution >= 4 is 40.7 Å². The molecule has 0 aliphatic carbocycles. The summed E-state index contributed by atoms with van der Waals surface area (Å²) in [6.45, 7) is 0. The fourth-order valence-corrected chi connectivity index (χ4v) is 2.54. The van der Waals surface area contributed by atoms with Crippen LogP contribution in [0.3, 0.4) is 0 Å². The molecule has 0 saturated heterocycles. The van der Waals surface area contributed by atoms with E-state index in [-0.39, 0.29) is 0 Å². The molecule has 0 bridgehead atoms. The van der Waals surface area contributed by atoms with Crippen molar-refractivity contribution in [3.63, 3.8) is 0 Å². The quantitative estimate of drug-likeness (QED) is 0.573. The van der Waals surface area contributed by atoms with E-state index in [2.05, 4.69) is 20.8 Å². The van der Waals surface area contributed by atoms with Gasteiger partial charge in [0, 0.05) is 6.42 Å². The minimum absolute atomic E-state index is 0.325. The lowest BCUT2D eigenvalue weighted by Gasteiger charge is -2.16. The zero-order chi connectivity index (χ0) is 15.9. The van der Waals surface area contributed by atoms with Gasteiger partial charge in [0.05, 0.1) is 7.11 Å². The molecule has 1 aromatic carbocycles. The second kappa shape index (κ2) is 7.66. The van der Waals surface area contributed by atoms with Gasteiger partial charge in [-0.1, -0.05) is 41.7 Å². The first-order chi connectivity index (χ1) is 10.6. The van der Waals surface area contributed by atoms with Crippen LogP contribution in [-0.2, 0) is 16.0 Å². The number of benzene rings is 1. The van der Waals surface area contributed by atoms with Gasteiger partial charge in [0.1, 0.15) is 6.04 Å². The third-order valence-corrected chi connectivity index (χ3v) is 3.74. The Morgan fingerprint density at radius 1 is 1.41 bits per heavy atom. The molecule has 1 atom stereocenters. The highest BCUT2D eigenvalue weighted by atomic mass is 32.1. The Labute approximate surface area is 135 Å². The van der Waals surface area contributed by atoms with Crippen LogP contribution in [0.5, 0.6) is 0 Å². The first-order valence-electron chi connectivity index (χ1n) is 6.33. The number of amides is 2. The monoisotopic (exact) mass is 338 g/mol. The molecule has 0 saturated carbocycles. The zero-order valence-corrected chi connectivity index (χ0v) is 13.3. The Morgan fingerprint density at radius 2 is 2.14 bits per heavy atom. The zero-order valence-electron chi connectivity index (χ0n) is 11.7. The number of methoxy groups -OCH3 is 1. The number of ether oxygens (including phenoxy) is 1. The maximum Gasteiger partial charge on any atom is 0.328 e. The van der Waals surface area contributed by atoms with Crippen LogP contribution in [0.2, 0.25) is 0 Å². The van der Waals surface area contributed by atoms with E-state index in [0.717, 1.165) is 16.9 Å². The molecule has 0 unspecified atom stereocenters. The summed E-state index contributed by atoms with van der Waals surface area (Å²) in [6.07, 6.45) is 0.331.